The highest BCUT2D eigenvalue weighted by atomic mass is 16.6. The van der Waals surface area contributed by atoms with Crippen LogP contribution in [0.2, 0.25) is 0 Å². The van der Waals surface area contributed by atoms with Crippen molar-refractivity contribution in [3.05, 3.63) is 47.5 Å². The van der Waals surface area contributed by atoms with Crippen molar-refractivity contribution in [2.24, 2.45) is 0 Å². The van der Waals surface area contributed by atoms with Gasteiger partial charge in [0, 0.05) is 36.5 Å². The Balaban J connectivity index is 1.61. The highest BCUT2D eigenvalue weighted by Crippen LogP contribution is 2.57. The van der Waals surface area contributed by atoms with Crippen LogP contribution in [0.3, 0.4) is 0 Å². The lowest BCUT2D eigenvalue weighted by atomic mass is 9.74. The van der Waals surface area contributed by atoms with E-state index in [-0.39, 0.29) is 24.4 Å². The summed E-state index contributed by atoms with van der Waals surface area (Å²) in [5.41, 5.74) is 1.66. The maximum atomic E-state index is 12.5. The van der Waals surface area contributed by atoms with E-state index >= 15 is 0 Å². The van der Waals surface area contributed by atoms with Crippen LogP contribution in [0.15, 0.2) is 36.4 Å². The Bertz CT molecular complexity index is 1060. The van der Waals surface area contributed by atoms with Crippen molar-refractivity contribution in [3.63, 3.8) is 0 Å². The number of hydrogen-bond donors (Lipinski definition) is 2. The molecule has 1 fully saturated rings. The zero-order chi connectivity index (χ0) is 23.2. The van der Waals surface area contributed by atoms with E-state index in [0.29, 0.717) is 30.2 Å². The molecule has 0 aromatic heterocycles. The van der Waals surface area contributed by atoms with E-state index in [0.717, 1.165) is 36.2 Å². The molecule has 1 aromatic carbocycles. The molecule has 8 nitrogen and oxygen atoms in total. The first-order valence-electron chi connectivity index (χ1n) is 11.5. The van der Waals surface area contributed by atoms with E-state index in [4.69, 9.17) is 18.9 Å². The molecule has 1 aromatic rings. The van der Waals surface area contributed by atoms with Crippen LogP contribution in [-0.2, 0) is 9.53 Å². The van der Waals surface area contributed by atoms with Gasteiger partial charge in [-0.05, 0) is 44.8 Å². The fourth-order valence-corrected chi connectivity index (χ4v) is 5.24. The minimum absolute atomic E-state index is 0.0337. The van der Waals surface area contributed by atoms with Gasteiger partial charge in [0.2, 0.25) is 5.76 Å². The number of carbonyl (C=O) groups excluding carboxylic acids is 1. The summed E-state index contributed by atoms with van der Waals surface area (Å²) >= 11 is 0. The maximum Gasteiger partial charge on any atom is 0.374 e. The second-order valence-corrected chi connectivity index (χ2v) is 9.03. The lowest BCUT2D eigenvalue weighted by Gasteiger charge is -2.37. The summed E-state index contributed by atoms with van der Waals surface area (Å²) in [6.45, 7) is 5.21. The Hall–Kier alpha value is -3.13. The van der Waals surface area contributed by atoms with Crippen molar-refractivity contribution < 1.29 is 28.8 Å². The van der Waals surface area contributed by atoms with Crippen molar-refractivity contribution in [2.45, 2.75) is 50.7 Å². The molecule has 3 atom stereocenters. The van der Waals surface area contributed by atoms with Crippen molar-refractivity contribution in [2.75, 3.05) is 26.9 Å². The van der Waals surface area contributed by atoms with Gasteiger partial charge in [-0.1, -0.05) is 6.08 Å². The number of benzene rings is 1. The quantitative estimate of drug-likeness (QED) is 0.657. The fourth-order valence-electron chi connectivity index (χ4n) is 5.24. The number of methoxy groups -OCH3 is 1. The minimum Gasteiger partial charge on any atom is -0.496 e. The van der Waals surface area contributed by atoms with Gasteiger partial charge in [0.15, 0.2) is 0 Å². The molecule has 176 valence electrons. The molecule has 1 saturated carbocycles. The summed E-state index contributed by atoms with van der Waals surface area (Å²) in [5, 5.41) is 14.1. The molecule has 0 radical (unpaired) electrons. The average molecular weight is 455 g/mol. The van der Waals surface area contributed by atoms with E-state index in [1.54, 1.807) is 20.1 Å². The summed E-state index contributed by atoms with van der Waals surface area (Å²) < 4.78 is 23.4. The van der Waals surface area contributed by atoms with Crippen molar-refractivity contribution in [1.29, 1.82) is 0 Å². The van der Waals surface area contributed by atoms with E-state index in [1.165, 1.54) is 0 Å². The second-order valence-electron chi connectivity index (χ2n) is 9.03. The Labute approximate surface area is 193 Å². The van der Waals surface area contributed by atoms with E-state index in [2.05, 4.69) is 16.3 Å². The molecule has 2 N–H and O–H groups in total. The van der Waals surface area contributed by atoms with Gasteiger partial charge in [0.05, 0.1) is 31.5 Å². The number of allylic oxidation sites excluding steroid dienone is 2. The van der Waals surface area contributed by atoms with Crippen LogP contribution in [0.25, 0.3) is 5.57 Å². The highest BCUT2D eigenvalue weighted by Gasteiger charge is 2.50. The normalized spacial score (nSPS) is 28.2. The molecule has 0 bridgehead atoms. The first kappa shape index (κ1) is 21.7. The summed E-state index contributed by atoms with van der Waals surface area (Å²) in [4.78, 5) is 14.6. The average Bonchev–Trinajstić information content (AvgIpc) is 3.44. The fraction of sp³-hybridized carbons (Fsp3) is 0.480. The van der Waals surface area contributed by atoms with Gasteiger partial charge in [0.25, 0.3) is 0 Å². The molecule has 3 heterocycles. The summed E-state index contributed by atoms with van der Waals surface area (Å²) in [7, 11) is 1.64. The zero-order valence-electron chi connectivity index (χ0n) is 19.2. The molecule has 4 aliphatic rings. The number of fused-ring (bicyclic) bond motifs is 4. The monoisotopic (exact) mass is 454 g/mol. The summed E-state index contributed by atoms with van der Waals surface area (Å²) in [5.74, 6) is 1.43. The molecule has 33 heavy (non-hydrogen) atoms. The van der Waals surface area contributed by atoms with E-state index in [1.807, 2.05) is 25.4 Å². The third-order valence-electron chi connectivity index (χ3n) is 6.77. The molecule has 0 saturated heterocycles. The van der Waals surface area contributed by atoms with E-state index < -0.39 is 11.6 Å². The molecule has 8 heteroatoms. The number of nitrogens with one attached hydrogen (secondary N) is 1. The Kier molecular flexibility index (Phi) is 5.48. The standard InChI is InChI=1S/C25H30N2O6/c1-4-31-24(28)19-12-15(7-10-27-11-9-26-14-27)20-17(32-19)13-18-21(22(20)30-3)16-6-5-8-25(2,29)23(16)33-18/h7,9,11-13,16,23,26,29H,4-6,8,10,14H2,1-3H3/b15-7+/t16-,23+,25-/m1/s1. The van der Waals surface area contributed by atoms with Crippen molar-refractivity contribution in [1.82, 2.24) is 10.2 Å². The minimum atomic E-state index is -0.920. The van der Waals surface area contributed by atoms with Crippen LogP contribution in [0.1, 0.15) is 50.2 Å². The lowest BCUT2D eigenvalue weighted by molar-refractivity contribution is -0.141. The van der Waals surface area contributed by atoms with Crippen molar-refractivity contribution in [3.8, 4) is 17.2 Å². The Morgan fingerprint density at radius 1 is 1.42 bits per heavy atom. The van der Waals surface area contributed by atoms with Crippen LogP contribution in [0, 0.1) is 0 Å². The molecule has 1 aliphatic carbocycles. The van der Waals surface area contributed by atoms with Gasteiger partial charge < -0.3 is 34.3 Å². The van der Waals surface area contributed by atoms with Crippen molar-refractivity contribution >= 4 is 11.5 Å². The molecular weight excluding hydrogens is 424 g/mol. The predicted molar refractivity (Wildman–Crippen MR) is 122 cm³/mol. The van der Waals surface area contributed by atoms with Crippen LogP contribution in [0.5, 0.6) is 17.2 Å². The van der Waals surface area contributed by atoms with E-state index in [9.17, 15) is 9.90 Å². The zero-order valence-corrected chi connectivity index (χ0v) is 19.2. The molecule has 5 rings (SSSR count). The molecule has 0 amide bonds. The topological polar surface area (TPSA) is 89.5 Å². The summed E-state index contributed by atoms with van der Waals surface area (Å²) in [6, 6.07) is 1.82. The van der Waals surface area contributed by atoms with Crippen LogP contribution >= 0.6 is 0 Å². The first-order valence-corrected chi connectivity index (χ1v) is 11.5. The Morgan fingerprint density at radius 3 is 3.00 bits per heavy atom. The number of carbonyl (C=O) groups is 1. The van der Waals surface area contributed by atoms with Crippen LogP contribution in [0.4, 0.5) is 0 Å². The smallest absolute Gasteiger partial charge is 0.374 e. The number of nitrogens with zero attached hydrogens (tertiary/aromatic N) is 1. The van der Waals surface area contributed by atoms with Gasteiger partial charge in [-0.25, -0.2) is 4.79 Å². The van der Waals surface area contributed by atoms with Gasteiger partial charge in [-0.15, -0.1) is 0 Å². The number of hydrogen-bond acceptors (Lipinski definition) is 8. The van der Waals surface area contributed by atoms with Crippen LogP contribution < -0.4 is 19.5 Å². The lowest BCUT2D eigenvalue weighted by Crippen LogP contribution is -2.47. The van der Waals surface area contributed by atoms with Gasteiger partial charge in [0.1, 0.15) is 23.4 Å². The predicted octanol–water partition coefficient (Wildman–Crippen LogP) is 3.03. The Morgan fingerprint density at radius 2 is 2.27 bits per heavy atom. The number of esters is 1. The van der Waals surface area contributed by atoms with Crippen LogP contribution in [-0.4, -0.2) is 54.6 Å². The molecule has 0 spiro atoms. The first-order chi connectivity index (χ1) is 15.9. The van der Waals surface area contributed by atoms with Gasteiger partial charge in [-0.3, -0.25) is 0 Å². The molecular formula is C25H30N2O6. The number of rotatable bonds is 5. The molecule has 3 aliphatic heterocycles. The number of ether oxygens (including phenoxy) is 4. The SMILES string of the molecule is CCOC(=O)C1=C/C(=C\CN2C=CNC2)c2c(cc3c(c2OC)[C@H]2CCC[C@@](C)(O)[C@H]2O3)O1. The van der Waals surface area contributed by atoms with Gasteiger partial charge >= 0.3 is 5.97 Å². The summed E-state index contributed by atoms with van der Waals surface area (Å²) in [6.07, 6.45) is 9.83. The largest absolute Gasteiger partial charge is 0.496 e. The number of aliphatic hydroxyl groups is 1. The maximum absolute atomic E-state index is 12.5. The third kappa shape index (κ3) is 3.72. The molecule has 0 unspecified atom stereocenters. The second kappa shape index (κ2) is 8.33. The third-order valence-corrected chi connectivity index (χ3v) is 6.77. The highest BCUT2D eigenvalue weighted by molar-refractivity contribution is 5.96. The van der Waals surface area contributed by atoms with Gasteiger partial charge in [-0.2, -0.15) is 0 Å².